The summed E-state index contributed by atoms with van der Waals surface area (Å²) in [5, 5.41) is 0. The first kappa shape index (κ1) is 17.1. The molecule has 0 aliphatic carbocycles. The minimum Gasteiger partial charge on any atom is -0.368 e. The summed E-state index contributed by atoms with van der Waals surface area (Å²) in [6.07, 6.45) is 8.27. The molecule has 2 aromatic heterocycles. The van der Waals surface area contributed by atoms with Crippen molar-refractivity contribution in [2.45, 2.75) is 25.3 Å². The number of hydrogen-bond donors (Lipinski definition) is 1. The van der Waals surface area contributed by atoms with Crippen molar-refractivity contribution in [3.8, 4) is 11.3 Å². The SMILES string of the molecule is Nc1ncc(-c2ccc(C3CCCCN3C(=O)c3ccccc3)cn2)cn1. The van der Waals surface area contributed by atoms with Crippen molar-refractivity contribution in [2.24, 2.45) is 0 Å². The Balaban J connectivity index is 1.58. The van der Waals surface area contributed by atoms with Crippen LogP contribution in [0.2, 0.25) is 0 Å². The standard InChI is InChI=1S/C21H21N5O/c22-21-24-13-17(14-25-21)18-10-9-16(12-23-18)19-8-4-5-11-26(19)20(27)15-6-2-1-3-7-15/h1-3,6-7,9-10,12-14,19H,4-5,8,11H2,(H2,22,24,25). The summed E-state index contributed by atoms with van der Waals surface area (Å²) < 4.78 is 0. The highest BCUT2D eigenvalue weighted by Gasteiger charge is 2.28. The minimum absolute atomic E-state index is 0.0515. The predicted molar refractivity (Wildman–Crippen MR) is 104 cm³/mol. The fourth-order valence-electron chi connectivity index (χ4n) is 3.51. The van der Waals surface area contributed by atoms with E-state index in [0.29, 0.717) is 0 Å². The monoisotopic (exact) mass is 359 g/mol. The summed E-state index contributed by atoms with van der Waals surface area (Å²) in [6, 6.07) is 13.5. The number of benzene rings is 1. The van der Waals surface area contributed by atoms with E-state index in [9.17, 15) is 4.79 Å². The van der Waals surface area contributed by atoms with Crippen LogP contribution in [0.5, 0.6) is 0 Å². The number of nitrogens with two attached hydrogens (primary N) is 1. The predicted octanol–water partition coefficient (Wildman–Crippen LogP) is 3.49. The summed E-state index contributed by atoms with van der Waals surface area (Å²) in [5.74, 6) is 0.323. The molecule has 1 aliphatic rings. The van der Waals surface area contributed by atoms with Crippen LogP contribution in [0.3, 0.4) is 0 Å². The van der Waals surface area contributed by atoms with E-state index in [0.717, 1.165) is 48.2 Å². The molecule has 3 aromatic rings. The smallest absolute Gasteiger partial charge is 0.254 e. The van der Waals surface area contributed by atoms with Gasteiger partial charge in [0, 0.05) is 36.3 Å². The summed E-state index contributed by atoms with van der Waals surface area (Å²) in [7, 11) is 0. The molecule has 1 aromatic carbocycles. The van der Waals surface area contributed by atoms with Gasteiger partial charge in [0.05, 0.1) is 11.7 Å². The van der Waals surface area contributed by atoms with Crippen molar-refractivity contribution in [3.05, 3.63) is 72.2 Å². The quantitative estimate of drug-likeness (QED) is 0.774. The Labute approximate surface area is 158 Å². The number of carbonyl (C=O) groups is 1. The normalized spacial score (nSPS) is 16.9. The van der Waals surface area contributed by atoms with Gasteiger partial charge in [-0.1, -0.05) is 24.3 Å². The molecule has 1 saturated heterocycles. The number of anilines is 1. The van der Waals surface area contributed by atoms with Crippen LogP contribution in [0.4, 0.5) is 5.95 Å². The van der Waals surface area contributed by atoms with E-state index in [-0.39, 0.29) is 17.9 Å². The van der Waals surface area contributed by atoms with Gasteiger partial charge in [-0.05, 0) is 43.0 Å². The number of amides is 1. The van der Waals surface area contributed by atoms with Crippen LogP contribution in [0.25, 0.3) is 11.3 Å². The molecule has 1 aliphatic heterocycles. The molecule has 1 amide bonds. The molecule has 4 rings (SSSR count). The van der Waals surface area contributed by atoms with Crippen molar-refractivity contribution >= 4 is 11.9 Å². The molecule has 0 bridgehead atoms. The van der Waals surface area contributed by atoms with Gasteiger partial charge in [0.2, 0.25) is 5.95 Å². The van der Waals surface area contributed by atoms with Crippen LogP contribution in [-0.2, 0) is 0 Å². The highest BCUT2D eigenvalue weighted by Crippen LogP contribution is 2.32. The van der Waals surface area contributed by atoms with Gasteiger partial charge < -0.3 is 10.6 Å². The molecule has 6 nitrogen and oxygen atoms in total. The van der Waals surface area contributed by atoms with E-state index in [1.54, 1.807) is 12.4 Å². The Bertz CT molecular complexity index is 910. The van der Waals surface area contributed by atoms with E-state index in [2.05, 4.69) is 15.0 Å². The highest BCUT2D eigenvalue weighted by atomic mass is 16.2. The first-order valence-corrected chi connectivity index (χ1v) is 9.12. The number of hydrogen-bond acceptors (Lipinski definition) is 5. The van der Waals surface area contributed by atoms with Crippen LogP contribution < -0.4 is 5.73 Å². The lowest BCUT2D eigenvalue weighted by Crippen LogP contribution is -2.38. The fourth-order valence-corrected chi connectivity index (χ4v) is 3.51. The van der Waals surface area contributed by atoms with Crippen molar-refractivity contribution in [2.75, 3.05) is 12.3 Å². The Morgan fingerprint density at radius 2 is 1.74 bits per heavy atom. The van der Waals surface area contributed by atoms with E-state index in [1.807, 2.05) is 53.6 Å². The molecule has 136 valence electrons. The van der Waals surface area contributed by atoms with Gasteiger partial charge in [0.25, 0.3) is 5.91 Å². The third-order valence-electron chi connectivity index (χ3n) is 4.92. The lowest BCUT2D eigenvalue weighted by molar-refractivity contribution is 0.0611. The number of piperidine rings is 1. The molecule has 2 N–H and O–H groups in total. The summed E-state index contributed by atoms with van der Waals surface area (Å²) in [4.78, 5) is 27.5. The molecule has 1 fully saturated rings. The second-order valence-electron chi connectivity index (χ2n) is 6.68. The molecule has 1 atom stereocenters. The van der Waals surface area contributed by atoms with E-state index in [1.165, 1.54) is 0 Å². The first-order chi connectivity index (χ1) is 13.2. The van der Waals surface area contributed by atoms with E-state index >= 15 is 0 Å². The van der Waals surface area contributed by atoms with Crippen molar-refractivity contribution in [1.82, 2.24) is 19.9 Å². The van der Waals surface area contributed by atoms with Gasteiger partial charge in [-0.15, -0.1) is 0 Å². The second-order valence-corrected chi connectivity index (χ2v) is 6.68. The number of likely N-dealkylation sites (tertiary alicyclic amines) is 1. The molecule has 0 saturated carbocycles. The third kappa shape index (κ3) is 3.65. The number of carbonyl (C=O) groups excluding carboxylic acids is 1. The van der Waals surface area contributed by atoms with Crippen LogP contribution in [0.1, 0.15) is 41.2 Å². The van der Waals surface area contributed by atoms with Crippen molar-refractivity contribution in [1.29, 1.82) is 0 Å². The van der Waals surface area contributed by atoms with E-state index in [4.69, 9.17) is 5.73 Å². The molecule has 6 heteroatoms. The Kier molecular flexibility index (Phi) is 4.78. The summed E-state index contributed by atoms with van der Waals surface area (Å²) >= 11 is 0. The number of nitrogen functional groups attached to an aromatic ring is 1. The van der Waals surface area contributed by atoms with Crippen molar-refractivity contribution in [3.63, 3.8) is 0 Å². The van der Waals surface area contributed by atoms with Crippen LogP contribution >= 0.6 is 0 Å². The lowest BCUT2D eigenvalue weighted by atomic mass is 9.95. The highest BCUT2D eigenvalue weighted by molar-refractivity contribution is 5.94. The zero-order valence-corrected chi connectivity index (χ0v) is 15.0. The maximum absolute atomic E-state index is 13.0. The maximum atomic E-state index is 13.0. The molecule has 27 heavy (non-hydrogen) atoms. The van der Waals surface area contributed by atoms with Crippen LogP contribution in [-0.4, -0.2) is 32.3 Å². The number of nitrogens with zero attached hydrogens (tertiary/aromatic N) is 4. The zero-order valence-electron chi connectivity index (χ0n) is 15.0. The first-order valence-electron chi connectivity index (χ1n) is 9.12. The lowest BCUT2D eigenvalue weighted by Gasteiger charge is -2.36. The second kappa shape index (κ2) is 7.53. The van der Waals surface area contributed by atoms with Gasteiger partial charge in [-0.2, -0.15) is 0 Å². The van der Waals surface area contributed by atoms with Gasteiger partial charge >= 0.3 is 0 Å². The average molecular weight is 359 g/mol. The largest absolute Gasteiger partial charge is 0.368 e. The van der Waals surface area contributed by atoms with Crippen LogP contribution in [0.15, 0.2) is 61.1 Å². The Morgan fingerprint density at radius 1 is 0.963 bits per heavy atom. The molecular formula is C21H21N5O. The topological polar surface area (TPSA) is 85.0 Å². The molecular weight excluding hydrogens is 338 g/mol. The Hall–Kier alpha value is -3.28. The third-order valence-corrected chi connectivity index (χ3v) is 4.92. The number of pyridine rings is 1. The maximum Gasteiger partial charge on any atom is 0.254 e. The van der Waals surface area contributed by atoms with Gasteiger partial charge in [-0.25, -0.2) is 9.97 Å². The van der Waals surface area contributed by atoms with Crippen molar-refractivity contribution < 1.29 is 4.79 Å². The summed E-state index contributed by atoms with van der Waals surface area (Å²) in [6.45, 7) is 0.770. The van der Waals surface area contributed by atoms with Crippen LogP contribution in [0, 0.1) is 0 Å². The fraction of sp³-hybridized carbons (Fsp3) is 0.238. The van der Waals surface area contributed by atoms with Gasteiger partial charge in [0.15, 0.2) is 0 Å². The number of aromatic nitrogens is 3. The molecule has 0 radical (unpaired) electrons. The zero-order chi connectivity index (χ0) is 18.6. The van der Waals surface area contributed by atoms with Gasteiger partial charge in [0.1, 0.15) is 0 Å². The van der Waals surface area contributed by atoms with E-state index < -0.39 is 0 Å². The molecule has 3 heterocycles. The average Bonchev–Trinajstić information content (AvgIpc) is 2.74. The number of rotatable bonds is 3. The minimum atomic E-state index is 0.0515. The van der Waals surface area contributed by atoms with Gasteiger partial charge in [-0.3, -0.25) is 9.78 Å². The Morgan fingerprint density at radius 3 is 2.44 bits per heavy atom. The molecule has 0 spiro atoms. The molecule has 1 unspecified atom stereocenters. The summed E-state index contributed by atoms with van der Waals surface area (Å²) in [5.41, 5.74) is 8.93.